The molecule has 3 aromatic carbocycles. The van der Waals surface area contributed by atoms with E-state index in [0.29, 0.717) is 22.5 Å². The van der Waals surface area contributed by atoms with Gasteiger partial charge in [0.1, 0.15) is 19.0 Å². The lowest BCUT2D eigenvalue weighted by atomic mass is 9.97. The van der Waals surface area contributed by atoms with E-state index in [9.17, 15) is 18.8 Å². The number of nitrogens with zero attached hydrogens (tertiary/aromatic N) is 1. The van der Waals surface area contributed by atoms with Gasteiger partial charge in [-0.2, -0.15) is 0 Å². The molecule has 0 unspecified atom stereocenters. The summed E-state index contributed by atoms with van der Waals surface area (Å²) in [5.74, 6) is -1.13. The van der Waals surface area contributed by atoms with Gasteiger partial charge >= 0.3 is 12.1 Å². The van der Waals surface area contributed by atoms with Crippen molar-refractivity contribution in [3.63, 3.8) is 0 Å². The second kappa shape index (κ2) is 11.6. The summed E-state index contributed by atoms with van der Waals surface area (Å²) >= 11 is 6.51. The van der Waals surface area contributed by atoms with Gasteiger partial charge in [0.15, 0.2) is 5.78 Å². The fourth-order valence-electron chi connectivity index (χ4n) is 3.56. The van der Waals surface area contributed by atoms with Gasteiger partial charge in [-0.15, -0.1) is 0 Å². The number of hydrogen-bond donors (Lipinski definition) is 0. The highest BCUT2D eigenvalue weighted by molar-refractivity contribution is 6.35. The van der Waals surface area contributed by atoms with E-state index in [2.05, 4.69) is 0 Å². The first-order valence-corrected chi connectivity index (χ1v) is 12.1. The van der Waals surface area contributed by atoms with Crippen LogP contribution in [0.25, 0.3) is 0 Å². The molecule has 0 bridgehead atoms. The Morgan fingerprint density at radius 2 is 1.54 bits per heavy atom. The van der Waals surface area contributed by atoms with Crippen LogP contribution in [-0.2, 0) is 14.3 Å². The minimum atomic E-state index is -0.782. The van der Waals surface area contributed by atoms with Crippen LogP contribution < -0.4 is 4.90 Å². The van der Waals surface area contributed by atoms with Gasteiger partial charge in [-0.1, -0.05) is 35.9 Å². The molecule has 0 aliphatic heterocycles. The van der Waals surface area contributed by atoms with Gasteiger partial charge in [0.25, 0.3) is 0 Å². The van der Waals surface area contributed by atoms with Gasteiger partial charge < -0.3 is 9.47 Å². The van der Waals surface area contributed by atoms with Crippen molar-refractivity contribution in [3.05, 3.63) is 93.8 Å². The summed E-state index contributed by atoms with van der Waals surface area (Å²) in [4.78, 5) is 39.5. The fraction of sp³-hybridized carbons (Fsp3) is 0.276. The van der Waals surface area contributed by atoms with E-state index in [1.54, 1.807) is 45.9 Å². The smallest absolute Gasteiger partial charge is 0.419 e. The van der Waals surface area contributed by atoms with Crippen LogP contribution >= 0.6 is 11.6 Å². The molecule has 0 aliphatic carbocycles. The van der Waals surface area contributed by atoms with Crippen LogP contribution in [0.2, 0.25) is 5.02 Å². The van der Waals surface area contributed by atoms with Gasteiger partial charge in [-0.05, 0) is 82.1 Å². The number of aryl methyl sites for hydroxylation is 2. The molecular formula is C29H29ClFNO5. The molecule has 0 aromatic heterocycles. The number of ketones is 1. The topological polar surface area (TPSA) is 72.9 Å². The van der Waals surface area contributed by atoms with Crippen molar-refractivity contribution in [1.29, 1.82) is 0 Å². The number of esters is 1. The minimum absolute atomic E-state index is 0.122. The Labute approximate surface area is 221 Å². The monoisotopic (exact) mass is 525 g/mol. The maximum Gasteiger partial charge on any atom is 0.419 e. The molecule has 0 saturated carbocycles. The second-order valence-electron chi connectivity index (χ2n) is 9.57. The number of anilines is 2. The predicted octanol–water partition coefficient (Wildman–Crippen LogP) is 7.19. The van der Waals surface area contributed by atoms with E-state index in [1.807, 2.05) is 19.1 Å². The van der Waals surface area contributed by atoms with Crippen molar-refractivity contribution < 1.29 is 28.2 Å². The van der Waals surface area contributed by atoms with Crippen LogP contribution in [0.1, 0.15) is 47.8 Å². The van der Waals surface area contributed by atoms with Crippen LogP contribution in [0.5, 0.6) is 0 Å². The van der Waals surface area contributed by atoms with E-state index < -0.39 is 23.3 Å². The largest absolute Gasteiger partial charge is 0.462 e. The summed E-state index contributed by atoms with van der Waals surface area (Å²) in [7, 11) is 0. The summed E-state index contributed by atoms with van der Waals surface area (Å²) in [6.07, 6.45) is -0.782. The van der Waals surface area contributed by atoms with E-state index in [1.165, 1.54) is 35.2 Å². The Kier molecular flexibility index (Phi) is 8.71. The molecule has 37 heavy (non-hydrogen) atoms. The maximum absolute atomic E-state index is 13.8. The van der Waals surface area contributed by atoms with Crippen LogP contribution in [0, 0.1) is 25.1 Å². The summed E-state index contributed by atoms with van der Waals surface area (Å²) in [6.45, 7) is 8.34. The lowest BCUT2D eigenvalue weighted by Crippen LogP contribution is -2.30. The minimum Gasteiger partial charge on any atom is -0.462 e. The zero-order valence-corrected chi connectivity index (χ0v) is 22.2. The van der Waals surface area contributed by atoms with E-state index >= 15 is 0 Å². The van der Waals surface area contributed by atoms with Gasteiger partial charge in [-0.3, -0.25) is 9.59 Å². The number of rotatable bonds is 7. The van der Waals surface area contributed by atoms with Gasteiger partial charge in [-0.25, -0.2) is 14.1 Å². The number of carbonyl (C=O) groups is 3. The van der Waals surface area contributed by atoms with Crippen molar-refractivity contribution in [1.82, 2.24) is 0 Å². The second-order valence-corrected chi connectivity index (χ2v) is 9.98. The maximum atomic E-state index is 13.8. The normalized spacial score (nSPS) is 11.1. The van der Waals surface area contributed by atoms with E-state index in [0.717, 1.165) is 5.56 Å². The molecule has 0 aliphatic rings. The SMILES string of the molecule is Cc1ccccc1C(=O)c1ccc(N(C(=O)OCCOC(=O)C(C)(C)C)c2ccc(F)cc2C)cc1Cl. The zero-order chi connectivity index (χ0) is 27.3. The van der Waals surface area contributed by atoms with Crippen LogP contribution in [-0.4, -0.2) is 31.1 Å². The Hall–Kier alpha value is -3.71. The first kappa shape index (κ1) is 27.9. The number of amides is 1. The molecule has 3 rings (SSSR count). The average molecular weight is 526 g/mol. The summed E-state index contributed by atoms with van der Waals surface area (Å²) < 4.78 is 24.3. The van der Waals surface area contributed by atoms with Crippen LogP contribution in [0.4, 0.5) is 20.6 Å². The number of halogens is 2. The summed E-state index contributed by atoms with van der Waals surface area (Å²) in [5.41, 5.74) is 2.09. The lowest BCUT2D eigenvalue weighted by molar-refractivity contribution is -0.153. The third-order valence-electron chi connectivity index (χ3n) is 5.58. The molecule has 0 spiro atoms. The van der Waals surface area contributed by atoms with Crippen molar-refractivity contribution >= 4 is 40.8 Å². The van der Waals surface area contributed by atoms with E-state index in [4.69, 9.17) is 21.1 Å². The highest BCUT2D eigenvalue weighted by Gasteiger charge is 2.25. The molecule has 0 atom stereocenters. The Morgan fingerprint density at radius 3 is 2.16 bits per heavy atom. The fourth-order valence-corrected chi connectivity index (χ4v) is 3.82. The lowest BCUT2D eigenvalue weighted by Gasteiger charge is -2.25. The van der Waals surface area contributed by atoms with Crippen molar-refractivity contribution in [2.24, 2.45) is 5.41 Å². The van der Waals surface area contributed by atoms with Gasteiger partial charge in [0.05, 0.1) is 21.8 Å². The van der Waals surface area contributed by atoms with Crippen LogP contribution in [0.3, 0.4) is 0 Å². The number of carbonyl (C=O) groups excluding carboxylic acids is 3. The zero-order valence-electron chi connectivity index (χ0n) is 21.4. The first-order valence-electron chi connectivity index (χ1n) is 11.7. The van der Waals surface area contributed by atoms with Gasteiger partial charge in [0, 0.05) is 11.1 Å². The molecular weight excluding hydrogens is 497 g/mol. The standard InChI is InChI=1S/C29H29ClFNO5/c1-18-8-6-7-9-22(18)26(33)23-12-11-21(17-24(23)30)32(25-13-10-20(31)16-19(25)2)28(35)37-15-14-36-27(34)29(3,4)5/h6-13,16-17H,14-15H2,1-5H3. The molecule has 0 fully saturated rings. The molecule has 0 N–H and O–H groups in total. The first-order chi connectivity index (χ1) is 17.4. The quantitative estimate of drug-likeness (QED) is 0.185. The molecule has 0 radical (unpaired) electrons. The number of ether oxygens (including phenoxy) is 2. The number of benzene rings is 3. The molecule has 8 heteroatoms. The summed E-state index contributed by atoms with van der Waals surface area (Å²) in [6, 6.07) is 15.7. The number of hydrogen-bond acceptors (Lipinski definition) is 5. The molecule has 194 valence electrons. The van der Waals surface area contributed by atoms with E-state index in [-0.39, 0.29) is 29.6 Å². The molecule has 0 heterocycles. The molecule has 3 aromatic rings. The Balaban J connectivity index is 1.89. The molecule has 6 nitrogen and oxygen atoms in total. The Bertz CT molecular complexity index is 1330. The highest BCUT2D eigenvalue weighted by atomic mass is 35.5. The van der Waals surface area contributed by atoms with Gasteiger partial charge in [0.2, 0.25) is 0 Å². The highest BCUT2D eigenvalue weighted by Crippen LogP contribution is 2.33. The Morgan fingerprint density at radius 1 is 0.865 bits per heavy atom. The third-order valence-corrected chi connectivity index (χ3v) is 5.89. The summed E-state index contributed by atoms with van der Waals surface area (Å²) in [5, 5.41) is 0.141. The van der Waals surface area contributed by atoms with Crippen molar-refractivity contribution in [2.75, 3.05) is 18.1 Å². The van der Waals surface area contributed by atoms with Crippen LogP contribution in [0.15, 0.2) is 60.7 Å². The molecule has 1 amide bonds. The molecule has 0 saturated heterocycles. The predicted molar refractivity (Wildman–Crippen MR) is 141 cm³/mol. The van der Waals surface area contributed by atoms with Crippen molar-refractivity contribution in [3.8, 4) is 0 Å². The average Bonchev–Trinajstić information content (AvgIpc) is 2.82. The van der Waals surface area contributed by atoms with Crippen molar-refractivity contribution in [2.45, 2.75) is 34.6 Å². The third kappa shape index (κ3) is 6.74.